The highest BCUT2D eigenvalue weighted by molar-refractivity contribution is 7.92. The number of nitro benzene ring substituents is 1. The summed E-state index contributed by atoms with van der Waals surface area (Å²) in [4.78, 5) is 21.2. The van der Waals surface area contributed by atoms with Crippen LogP contribution in [0.5, 0.6) is 0 Å². The van der Waals surface area contributed by atoms with E-state index in [1.165, 1.54) is 50.2 Å². The molecule has 0 atom stereocenters. The average molecular weight is 349 g/mol. The fourth-order valence-corrected chi connectivity index (χ4v) is 3.65. The van der Waals surface area contributed by atoms with Crippen molar-refractivity contribution in [2.75, 3.05) is 4.72 Å². The molecule has 0 saturated carbocycles. The molecule has 0 amide bonds. The Labute approximate surface area is 138 Å². The van der Waals surface area contributed by atoms with Crippen molar-refractivity contribution >= 4 is 27.4 Å². The fraction of sp³-hybridized carbons (Fsp3) is 0.133. The number of benzene rings is 2. The molecule has 0 saturated heterocycles. The summed E-state index contributed by atoms with van der Waals surface area (Å²) < 4.78 is 27.3. The third-order valence-electron chi connectivity index (χ3n) is 3.35. The molecule has 0 bridgehead atoms. The second-order valence-corrected chi connectivity index (χ2v) is 6.75. The predicted octanol–water partition coefficient (Wildman–Crippen LogP) is 1.38. The van der Waals surface area contributed by atoms with Gasteiger partial charge in [0.15, 0.2) is 0 Å². The highest BCUT2D eigenvalue weighted by Gasteiger charge is 2.24. The highest BCUT2D eigenvalue weighted by atomic mass is 32.2. The molecule has 0 aliphatic carbocycles. The number of carboxylic acids is 1. The lowest BCUT2D eigenvalue weighted by Crippen LogP contribution is -2.25. The Morgan fingerprint density at radius 3 is 2.38 bits per heavy atom. The van der Waals surface area contributed by atoms with E-state index in [0.29, 0.717) is 5.56 Å². The number of para-hydroxylation sites is 1. The first-order valence-corrected chi connectivity index (χ1v) is 8.20. The molecule has 24 heavy (non-hydrogen) atoms. The van der Waals surface area contributed by atoms with Crippen molar-refractivity contribution in [3.05, 3.63) is 63.2 Å². The van der Waals surface area contributed by atoms with Crippen LogP contribution >= 0.6 is 0 Å². The van der Waals surface area contributed by atoms with Crippen LogP contribution in [0.25, 0.3) is 0 Å². The first-order valence-electron chi connectivity index (χ1n) is 6.72. The summed E-state index contributed by atoms with van der Waals surface area (Å²) in [6.07, 6.45) is 0. The van der Waals surface area contributed by atoms with Gasteiger partial charge in [0, 0.05) is 17.2 Å². The first-order chi connectivity index (χ1) is 11.1. The lowest BCUT2D eigenvalue weighted by atomic mass is 10.1. The minimum atomic E-state index is -4.22. The van der Waals surface area contributed by atoms with Crippen molar-refractivity contribution in [3.8, 4) is 0 Å². The molecule has 8 nitrogen and oxygen atoms in total. The minimum Gasteiger partial charge on any atom is -0.545 e. The van der Waals surface area contributed by atoms with E-state index in [0.717, 1.165) is 0 Å². The van der Waals surface area contributed by atoms with Crippen LogP contribution in [0.15, 0.2) is 41.3 Å². The average Bonchev–Trinajstić information content (AvgIpc) is 2.48. The number of nitrogens with zero attached hydrogens (tertiary/aromatic N) is 1. The zero-order chi connectivity index (χ0) is 18.1. The number of nitro groups is 1. The molecule has 0 aromatic heterocycles. The van der Waals surface area contributed by atoms with Crippen LogP contribution in [0.4, 0.5) is 11.4 Å². The maximum atomic E-state index is 12.6. The number of carbonyl (C=O) groups is 1. The van der Waals surface area contributed by atoms with Crippen LogP contribution in [0.3, 0.4) is 0 Å². The van der Waals surface area contributed by atoms with Gasteiger partial charge in [-0.05, 0) is 31.5 Å². The Kier molecular flexibility index (Phi) is 4.56. The van der Waals surface area contributed by atoms with Gasteiger partial charge >= 0.3 is 0 Å². The monoisotopic (exact) mass is 349 g/mol. The fourth-order valence-electron chi connectivity index (χ4n) is 2.23. The summed E-state index contributed by atoms with van der Waals surface area (Å²) >= 11 is 0. The molecule has 126 valence electrons. The first kappa shape index (κ1) is 17.4. The van der Waals surface area contributed by atoms with Crippen LogP contribution < -0.4 is 9.83 Å². The number of aromatic carboxylic acids is 1. The molecule has 2 aromatic rings. The van der Waals surface area contributed by atoms with Gasteiger partial charge in [0.2, 0.25) is 0 Å². The van der Waals surface area contributed by atoms with E-state index in [9.17, 15) is 28.4 Å². The molecule has 0 spiro atoms. The number of rotatable bonds is 5. The maximum Gasteiger partial charge on any atom is 0.273 e. The van der Waals surface area contributed by atoms with Gasteiger partial charge in [0.25, 0.3) is 15.7 Å². The van der Waals surface area contributed by atoms with Crippen LogP contribution in [0.2, 0.25) is 0 Å². The Morgan fingerprint density at radius 1 is 1.17 bits per heavy atom. The summed E-state index contributed by atoms with van der Waals surface area (Å²) in [6, 6.07) is 7.89. The second-order valence-electron chi connectivity index (χ2n) is 5.10. The lowest BCUT2D eigenvalue weighted by Gasteiger charge is -2.14. The van der Waals surface area contributed by atoms with Gasteiger partial charge in [-0.25, -0.2) is 8.42 Å². The molecular formula is C15H13N2O6S-. The van der Waals surface area contributed by atoms with E-state index < -0.39 is 20.9 Å². The summed E-state index contributed by atoms with van der Waals surface area (Å²) in [5, 5.41) is 22.1. The van der Waals surface area contributed by atoms with Crippen LogP contribution in [0.1, 0.15) is 21.5 Å². The normalized spacial score (nSPS) is 11.1. The van der Waals surface area contributed by atoms with E-state index in [2.05, 4.69) is 4.72 Å². The van der Waals surface area contributed by atoms with E-state index in [1.807, 2.05) is 0 Å². The van der Waals surface area contributed by atoms with Crippen LogP contribution in [-0.2, 0) is 10.0 Å². The van der Waals surface area contributed by atoms with Gasteiger partial charge in [0.1, 0.15) is 0 Å². The number of carbonyl (C=O) groups excluding carboxylic acids is 1. The Balaban J connectivity index is 2.57. The quantitative estimate of drug-likeness (QED) is 0.641. The third-order valence-corrected chi connectivity index (χ3v) is 4.85. The van der Waals surface area contributed by atoms with E-state index in [1.54, 1.807) is 0 Å². The van der Waals surface area contributed by atoms with Gasteiger partial charge in [0.05, 0.1) is 21.5 Å². The predicted molar refractivity (Wildman–Crippen MR) is 84.2 cm³/mol. The smallest absolute Gasteiger partial charge is 0.273 e. The van der Waals surface area contributed by atoms with Gasteiger partial charge in [-0.2, -0.15) is 0 Å². The molecule has 9 heteroatoms. The SMILES string of the molecule is Cc1cc([N+](=O)[O-])c(C)c(S(=O)(=O)Nc2ccccc2C(=O)[O-])c1. The van der Waals surface area contributed by atoms with E-state index in [-0.39, 0.29) is 27.4 Å². The number of hydrogen-bond acceptors (Lipinski definition) is 6. The Hall–Kier alpha value is -2.94. The number of carboxylic acid groups (broad SMARTS) is 1. The summed E-state index contributed by atoms with van der Waals surface area (Å²) in [5.41, 5.74) is -0.490. The zero-order valence-corrected chi connectivity index (χ0v) is 13.6. The molecule has 0 heterocycles. The molecule has 2 rings (SSSR count). The van der Waals surface area contributed by atoms with E-state index in [4.69, 9.17) is 0 Å². The molecule has 0 unspecified atom stereocenters. The minimum absolute atomic E-state index is 0.0379. The standard InChI is InChI=1S/C15H14N2O6S/c1-9-7-13(17(20)21)10(2)14(8-9)24(22,23)16-12-6-4-3-5-11(12)15(18)19/h3-8,16H,1-2H3,(H,18,19)/p-1. The molecule has 0 aliphatic heterocycles. The number of sulfonamides is 1. The maximum absolute atomic E-state index is 12.6. The van der Waals surface area contributed by atoms with Crippen molar-refractivity contribution in [1.29, 1.82) is 0 Å². The number of nitrogens with one attached hydrogen (secondary N) is 1. The van der Waals surface area contributed by atoms with Crippen LogP contribution in [-0.4, -0.2) is 19.3 Å². The van der Waals surface area contributed by atoms with Crippen molar-refractivity contribution in [1.82, 2.24) is 0 Å². The Morgan fingerprint density at radius 2 is 1.79 bits per heavy atom. The van der Waals surface area contributed by atoms with Crippen molar-refractivity contribution in [3.63, 3.8) is 0 Å². The molecule has 2 aromatic carbocycles. The van der Waals surface area contributed by atoms with Gasteiger partial charge < -0.3 is 9.90 Å². The van der Waals surface area contributed by atoms with Gasteiger partial charge in [-0.15, -0.1) is 0 Å². The zero-order valence-electron chi connectivity index (χ0n) is 12.8. The number of aryl methyl sites for hydroxylation is 1. The molecule has 0 radical (unpaired) electrons. The number of hydrogen-bond donors (Lipinski definition) is 1. The Bertz CT molecular complexity index is 937. The highest BCUT2D eigenvalue weighted by Crippen LogP contribution is 2.29. The van der Waals surface area contributed by atoms with Gasteiger partial charge in [-0.1, -0.05) is 18.2 Å². The molecule has 0 fully saturated rings. The summed E-state index contributed by atoms with van der Waals surface area (Å²) in [5.74, 6) is -1.54. The third kappa shape index (κ3) is 3.35. The van der Waals surface area contributed by atoms with Gasteiger partial charge in [-0.3, -0.25) is 14.8 Å². The molecule has 0 aliphatic rings. The largest absolute Gasteiger partial charge is 0.545 e. The van der Waals surface area contributed by atoms with E-state index >= 15 is 0 Å². The second kappa shape index (κ2) is 6.28. The van der Waals surface area contributed by atoms with Crippen molar-refractivity contribution in [2.45, 2.75) is 18.7 Å². The van der Waals surface area contributed by atoms with Crippen molar-refractivity contribution in [2.24, 2.45) is 0 Å². The summed E-state index contributed by atoms with van der Waals surface area (Å²) in [7, 11) is -4.22. The summed E-state index contributed by atoms with van der Waals surface area (Å²) in [6.45, 7) is 2.84. The molecular weight excluding hydrogens is 336 g/mol. The number of anilines is 1. The topological polar surface area (TPSA) is 129 Å². The van der Waals surface area contributed by atoms with Crippen LogP contribution in [0, 0.1) is 24.0 Å². The van der Waals surface area contributed by atoms with Crippen molar-refractivity contribution < 1.29 is 23.2 Å². The molecule has 1 N–H and O–H groups in total. The lowest BCUT2D eigenvalue weighted by molar-refractivity contribution is -0.385.